The summed E-state index contributed by atoms with van der Waals surface area (Å²) >= 11 is 6.60. The van der Waals surface area contributed by atoms with Gasteiger partial charge in [0.1, 0.15) is 0 Å². The number of rotatable bonds is 1. The summed E-state index contributed by atoms with van der Waals surface area (Å²) in [6, 6.07) is 5.30. The van der Waals surface area contributed by atoms with Crippen LogP contribution in [0.2, 0.25) is 0 Å². The maximum atomic E-state index is 5.90. The minimum atomic E-state index is -4.11. The van der Waals surface area contributed by atoms with Crippen molar-refractivity contribution < 1.29 is 9.46 Å². The van der Waals surface area contributed by atoms with Gasteiger partial charge in [-0.15, -0.1) is 0 Å². The first-order valence-electron chi connectivity index (χ1n) is 3.02. The van der Waals surface area contributed by atoms with Crippen LogP contribution in [0.3, 0.4) is 0 Å². The molecule has 13 heavy (non-hydrogen) atoms. The van der Waals surface area contributed by atoms with Gasteiger partial charge in [0.05, 0.1) is 0 Å². The van der Waals surface area contributed by atoms with Crippen LogP contribution in [0.25, 0.3) is 0 Å². The normalized spacial score (nSPS) is 15.1. The molecule has 1 rings (SSSR count). The van der Waals surface area contributed by atoms with E-state index in [4.69, 9.17) is 34.9 Å². The average molecular weight is 409 g/mol. The Kier molecular flexibility index (Phi) is 3.73. The molecule has 0 amide bonds. The molecule has 1 aromatic carbocycles. The van der Waals surface area contributed by atoms with Gasteiger partial charge in [-0.05, 0) is 0 Å². The summed E-state index contributed by atoms with van der Waals surface area (Å²) in [5, 5.41) is 0. The summed E-state index contributed by atoms with van der Waals surface area (Å²) < 4.78 is 7.85. The summed E-state index contributed by atoms with van der Waals surface area (Å²) in [5.41, 5.74) is 0. The van der Waals surface area contributed by atoms with E-state index in [-0.39, 0.29) is 0 Å². The Morgan fingerprint density at radius 3 is 2.08 bits per heavy atom. The molecule has 1 aromatic rings. The van der Waals surface area contributed by atoms with E-state index in [2.05, 4.69) is 31.9 Å². The molecule has 0 unspecified atom stereocenters. The fraction of sp³-hybridized carbons (Fsp3) is 0. The number of hydrogen-bond acceptors (Lipinski definition) is 1. The van der Waals surface area contributed by atoms with E-state index in [1.54, 1.807) is 18.2 Å². The van der Waals surface area contributed by atoms with Gasteiger partial charge in [0.25, 0.3) is 0 Å². The van der Waals surface area contributed by atoms with Crippen molar-refractivity contribution in [1.29, 1.82) is 0 Å². The van der Waals surface area contributed by atoms with Crippen LogP contribution in [-0.4, -0.2) is 0 Å². The van der Waals surface area contributed by atoms with Crippen molar-refractivity contribution in [3.05, 3.63) is 27.1 Å². The summed E-state index contributed by atoms with van der Waals surface area (Å²) in [6.07, 6.45) is 0. The molecular formula is C6H5Br2Cl3CrN. The molecule has 0 aliphatic carbocycles. The molecule has 0 spiro atoms. The van der Waals surface area contributed by atoms with Crippen LogP contribution in [0.15, 0.2) is 27.1 Å². The Balaban J connectivity index is 3.33. The quantitative estimate of drug-likeness (QED) is 0.749. The van der Waals surface area contributed by atoms with E-state index >= 15 is 0 Å². The fourth-order valence-corrected chi connectivity index (χ4v) is 7.09. The Morgan fingerprint density at radius 2 is 1.69 bits per heavy atom. The average Bonchev–Trinajstić information content (AvgIpc) is 1.80. The van der Waals surface area contributed by atoms with E-state index in [1.165, 1.54) is 0 Å². The zero-order valence-electron chi connectivity index (χ0n) is 6.11. The number of hydrogen-bond donors (Lipinski definition) is 1. The first-order chi connectivity index (χ1) is 5.67. The van der Waals surface area contributed by atoms with Crippen molar-refractivity contribution in [2.75, 3.05) is 0 Å². The Morgan fingerprint density at radius 1 is 1.15 bits per heavy atom. The fourth-order valence-electron chi connectivity index (χ4n) is 0.758. The topological polar surface area (TPSA) is 26.0 Å². The third-order valence-corrected chi connectivity index (χ3v) is 6.64. The van der Waals surface area contributed by atoms with Crippen LogP contribution in [0.4, 0.5) is 0 Å². The van der Waals surface area contributed by atoms with Crippen molar-refractivity contribution in [2.45, 2.75) is 0 Å². The van der Waals surface area contributed by atoms with E-state index in [1.807, 2.05) is 0 Å². The van der Waals surface area contributed by atoms with Crippen molar-refractivity contribution >= 4 is 66.4 Å². The molecule has 0 aliphatic heterocycles. The second-order valence-corrected chi connectivity index (χ2v) is 17.2. The number of nitrogens with two attached hydrogens (primary N) is 1. The Labute approximate surface area is 107 Å². The van der Waals surface area contributed by atoms with Gasteiger partial charge < -0.3 is 0 Å². The monoisotopic (exact) mass is 406 g/mol. The van der Waals surface area contributed by atoms with Crippen molar-refractivity contribution in [3.63, 3.8) is 0 Å². The molecule has 0 saturated carbocycles. The predicted octanol–water partition coefficient (Wildman–Crippen LogP) is 3.86. The first-order valence-corrected chi connectivity index (χ1v) is 11.2. The van der Waals surface area contributed by atoms with Crippen LogP contribution >= 0.6 is 62.0 Å². The van der Waals surface area contributed by atoms with Crippen molar-refractivity contribution in [2.24, 2.45) is 4.72 Å². The van der Waals surface area contributed by atoms with E-state index in [9.17, 15) is 0 Å². The van der Waals surface area contributed by atoms with Crippen LogP contribution in [0, 0.1) is 0 Å². The molecular weight excluding hydrogens is 404 g/mol. The first kappa shape index (κ1) is 12.6. The molecule has 0 bridgehead atoms. The number of benzene rings is 1. The van der Waals surface area contributed by atoms with Gasteiger partial charge in [-0.25, -0.2) is 0 Å². The third-order valence-electron chi connectivity index (χ3n) is 1.27. The van der Waals surface area contributed by atoms with E-state index in [0.29, 0.717) is 8.90 Å². The van der Waals surface area contributed by atoms with Gasteiger partial charge in [0, 0.05) is 0 Å². The Hall–Kier alpha value is 1.54. The molecule has 0 saturated heterocycles. The molecule has 0 radical (unpaired) electrons. The molecule has 0 aliphatic rings. The summed E-state index contributed by atoms with van der Waals surface area (Å²) in [6.45, 7) is 0. The molecule has 0 fully saturated rings. The second kappa shape index (κ2) is 3.84. The molecule has 2 N–H and O–H groups in total. The van der Waals surface area contributed by atoms with Crippen LogP contribution in [0.5, 0.6) is 0 Å². The third kappa shape index (κ3) is 3.55. The molecule has 75 valence electrons. The maximum absolute atomic E-state index is 5.90. The predicted molar refractivity (Wildman–Crippen MR) is 63.2 cm³/mol. The summed E-state index contributed by atoms with van der Waals surface area (Å²) in [7, 11) is 13.6. The van der Waals surface area contributed by atoms with E-state index < -0.39 is 9.46 Å². The van der Waals surface area contributed by atoms with Gasteiger partial charge in [-0.2, -0.15) is 0 Å². The second-order valence-electron chi connectivity index (χ2n) is 2.37. The van der Waals surface area contributed by atoms with E-state index in [0.717, 1.165) is 4.47 Å². The standard InChI is InChI=1S/C6H3Br2.3ClH.Cr.H2N/c7-5-2-1-3-6(8)4-5;;;;;/h1-2,4H;3*1H;;1H2/q;;;;+4;-1/p-3. The van der Waals surface area contributed by atoms with Crippen LogP contribution < -0.4 is 9.14 Å². The molecule has 0 atom stereocenters. The molecule has 0 heterocycles. The SMILES string of the molecule is [NH2][Cr]([Cl])([Cl])([Cl])[c]1ccc(Br)cc1Br. The zero-order valence-corrected chi connectivity index (χ0v) is 12.8. The van der Waals surface area contributed by atoms with Gasteiger partial charge in [0.15, 0.2) is 0 Å². The Bertz CT molecular complexity index is 340. The summed E-state index contributed by atoms with van der Waals surface area (Å²) in [4.78, 5) is 0. The van der Waals surface area contributed by atoms with Crippen LogP contribution in [-0.2, 0) is 9.46 Å². The molecule has 7 heteroatoms. The van der Waals surface area contributed by atoms with Gasteiger partial charge in [0.2, 0.25) is 0 Å². The van der Waals surface area contributed by atoms with Crippen LogP contribution in [0.1, 0.15) is 0 Å². The number of halogens is 5. The minimum absolute atomic E-state index is 0.563. The van der Waals surface area contributed by atoms with Crippen molar-refractivity contribution in [3.8, 4) is 0 Å². The van der Waals surface area contributed by atoms with Crippen molar-refractivity contribution in [1.82, 2.24) is 0 Å². The van der Waals surface area contributed by atoms with Gasteiger partial charge >= 0.3 is 108 Å². The molecule has 1 nitrogen and oxygen atoms in total. The van der Waals surface area contributed by atoms with Gasteiger partial charge in [-0.3, -0.25) is 0 Å². The summed E-state index contributed by atoms with van der Waals surface area (Å²) in [5.74, 6) is 0. The molecule has 0 aromatic heterocycles. The van der Waals surface area contributed by atoms with Gasteiger partial charge in [-0.1, -0.05) is 0 Å². The zero-order chi connectivity index (χ0) is 10.3.